The number of hydrogen-bond acceptors (Lipinski definition) is 5. The minimum Gasteiger partial charge on any atom is -0.331 e. The maximum Gasteiger partial charge on any atom is 0.165 e. The van der Waals surface area contributed by atoms with Gasteiger partial charge in [0.2, 0.25) is 0 Å². The largest absolute Gasteiger partial charge is 0.331 e. The van der Waals surface area contributed by atoms with Crippen LogP contribution >= 0.6 is 0 Å². The summed E-state index contributed by atoms with van der Waals surface area (Å²) in [5.41, 5.74) is 11.1. The molecule has 4 heterocycles. The van der Waals surface area contributed by atoms with Gasteiger partial charge >= 0.3 is 0 Å². The van der Waals surface area contributed by atoms with Crippen molar-refractivity contribution in [3.63, 3.8) is 0 Å². The van der Waals surface area contributed by atoms with Crippen molar-refractivity contribution in [2.24, 2.45) is 5.92 Å². The van der Waals surface area contributed by atoms with Crippen LogP contribution in [0.2, 0.25) is 0 Å². The summed E-state index contributed by atoms with van der Waals surface area (Å²) in [6, 6.07) is 47.5. The van der Waals surface area contributed by atoms with Gasteiger partial charge in [-0.3, -0.25) is 4.57 Å². The third kappa shape index (κ3) is 5.86. The Hall–Kier alpha value is -7.18. The summed E-state index contributed by atoms with van der Waals surface area (Å²) < 4.78 is 2.28. The molecule has 5 aromatic carbocycles. The van der Waals surface area contributed by atoms with E-state index < -0.39 is 0 Å². The van der Waals surface area contributed by atoms with Crippen molar-refractivity contribution in [2.45, 2.75) is 38.1 Å². The van der Waals surface area contributed by atoms with E-state index in [0.717, 1.165) is 52.2 Å². The highest BCUT2D eigenvalue weighted by molar-refractivity contribution is 6.10. The number of para-hydroxylation sites is 2. The molecular formula is C53H42N6. The molecule has 3 aromatic heterocycles. The fourth-order valence-electron chi connectivity index (χ4n) is 9.40. The summed E-state index contributed by atoms with van der Waals surface area (Å²) in [6.07, 6.45) is 19.5. The lowest BCUT2D eigenvalue weighted by Crippen LogP contribution is -2.41. The number of rotatable bonds is 7. The van der Waals surface area contributed by atoms with E-state index in [0.29, 0.717) is 17.6 Å². The van der Waals surface area contributed by atoms with E-state index in [1.54, 1.807) is 0 Å². The van der Waals surface area contributed by atoms with Crippen molar-refractivity contribution in [2.75, 3.05) is 4.90 Å². The van der Waals surface area contributed by atoms with Crippen molar-refractivity contribution < 1.29 is 0 Å². The van der Waals surface area contributed by atoms with E-state index in [-0.39, 0.29) is 11.5 Å². The molecule has 0 N–H and O–H groups in total. The summed E-state index contributed by atoms with van der Waals surface area (Å²) >= 11 is 0. The second-order valence-electron chi connectivity index (χ2n) is 16.0. The number of benzene rings is 5. The smallest absolute Gasteiger partial charge is 0.165 e. The maximum absolute atomic E-state index is 5.12. The Morgan fingerprint density at radius 3 is 2.15 bits per heavy atom. The van der Waals surface area contributed by atoms with Crippen LogP contribution in [0.3, 0.4) is 0 Å². The molecule has 1 aliphatic heterocycles. The topological polar surface area (TPSA) is 59.7 Å². The van der Waals surface area contributed by atoms with Gasteiger partial charge in [0.15, 0.2) is 17.5 Å². The molecule has 2 aliphatic carbocycles. The second kappa shape index (κ2) is 14.0. The molecule has 3 atom stereocenters. The van der Waals surface area contributed by atoms with Crippen LogP contribution in [0.25, 0.3) is 67.1 Å². The van der Waals surface area contributed by atoms with Gasteiger partial charge in [-0.2, -0.15) is 0 Å². The Morgan fingerprint density at radius 1 is 0.627 bits per heavy atom. The number of fused-ring (bicyclic) bond motifs is 6. The number of allylic oxidation sites excluding steroid dienone is 6. The molecule has 59 heavy (non-hydrogen) atoms. The molecule has 0 saturated heterocycles. The fourth-order valence-corrected chi connectivity index (χ4v) is 9.40. The Bertz CT molecular complexity index is 3030. The van der Waals surface area contributed by atoms with Crippen LogP contribution in [0.1, 0.15) is 44.0 Å². The normalized spacial score (nSPS) is 19.3. The highest BCUT2D eigenvalue weighted by Crippen LogP contribution is 2.54. The van der Waals surface area contributed by atoms with E-state index in [1.165, 1.54) is 38.8 Å². The Morgan fingerprint density at radius 2 is 1.34 bits per heavy atom. The van der Waals surface area contributed by atoms with Gasteiger partial charge in [0, 0.05) is 45.4 Å². The molecule has 0 radical (unpaired) electrons. The third-order valence-electron chi connectivity index (χ3n) is 12.5. The molecule has 0 fully saturated rings. The molecule has 3 aliphatic rings. The third-order valence-corrected chi connectivity index (χ3v) is 12.5. The summed E-state index contributed by atoms with van der Waals surface area (Å²) in [7, 11) is 0. The van der Waals surface area contributed by atoms with Gasteiger partial charge in [-0.25, -0.2) is 19.9 Å². The van der Waals surface area contributed by atoms with Crippen molar-refractivity contribution in [1.29, 1.82) is 0 Å². The SMILES string of the molecule is CCC1C=CC=C(c2nc(-c3ccccc3)nc(-c3ccc(-n4c5ccccc5c5ccc(-c6ccc7c(c6)C6C=CC=CC6(C)N7c6ccccc6)cc54)nc3)n2)C1. The van der Waals surface area contributed by atoms with Gasteiger partial charge in [0.25, 0.3) is 0 Å². The minimum absolute atomic E-state index is 0.195. The van der Waals surface area contributed by atoms with Crippen LogP contribution in [0.4, 0.5) is 11.4 Å². The number of hydrogen-bond donors (Lipinski definition) is 0. The van der Waals surface area contributed by atoms with Gasteiger partial charge in [-0.15, -0.1) is 0 Å². The zero-order chi connectivity index (χ0) is 39.5. The van der Waals surface area contributed by atoms with Crippen molar-refractivity contribution in [1.82, 2.24) is 24.5 Å². The van der Waals surface area contributed by atoms with Gasteiger partial charge < -0.3 is 4.90 Å². The maximum atomic E-state index is 5.12. The average Bonchev–Trinajstić information content (AvgIpc) is 3.77. The van der Waals surface area contributed by atoms with Crippen molar-refractivity contribution >= 4 is 38.8 Å². The predicted octanol–water partition coefficient (Wildman–Crippen LogP) is 12.9. The van der Waals surface area contributed by atoms with Crippen LogP contribution in [0.5, 0.6) is 0 Å². The van der Waals surface area contributed by atoms with Crippen LogP contribution < -0.4 is 4.90 Å². The number of aromatic nitrogens is 5. The van der Waals surface area contributed by atoms with Crippen molar-refractivity contribution in [3.05, 3.63) is 194 Å². The highest BCUT2D eigenvalue weighted by Gasteiger charge is 2.47. The van der Waals surface area contributed by atoms with E-state index in [9.17, 15) is 0 Å². The quantitative estimate of drug-likeness (QED) is 0.162. The number of pyridine rings is 1. The molecule has 284 valence electrons. The van der Waals surface area contributed by atoms with Gasteiger partial charge in [0.1, 0.15) is 5.82 Å². The monoisotopic (exact) mass is 762 g/mol. The minimum atomic E-state index is -0.195. The molecule has 8 aromatic rings. The van der Waals surface area contributed by atoms with Crippen LogP contribution in [-0.2, 0) is 0 Å². The average molecular weight is 763 g/mol. The Labute approximate surface area is 344 Å². The second-order valence-corrected chi connectivity index (χ2v) is 16.0. The first-order valence-electron chi connectivity index (χ1n) is 20.6. The standard InChI is InChI=1S/C53H42N6/c1-3-35-15-14-18-39(31-35)51-55-50(36-16-6-4-7-17-36)56-52(57-51)40-26-29-49(54-34-40)58-46-23-11-10-21-42(46)43-27-24-38(33-48(43)58)37-25-28-47-44(32-37)45-22-12-13-30-53(45,2)59(47)41-19-8-5-9-20-41/h4-30,32-35,45H,3,31H2,1-2H3. The molecule has 0 saturated carbocycles. The van der Waals surface area contributed by atoms with Crippen LogP contribution in [-0.4, -0.2) is 30.0 Å². The molecule has 6 nitrogen and oxygen atoms in total. The predicted molar refractivity (Wildman–Crippen MR) is 242 cm³/mol. The Balaban J connectivity index is 1.00. The van der Waals surface area contributed by atoms with E-state index in [2.05, 4.69) is 169 Å². The van der Waals surface area contributed by atoms with Gasteiger partial charge in [0.05, 0.1) is 16.6 Å². The van der Waals surface area contributed by atoms with Gasteiger partial charge in [-0.1, -0.05) is 134 Å². The number of nitrogens with zero attached hydrogens (tertiary/aromatic N) is 6. The molecule has 0 amide bonds. The lowest BCUT2D eigenvalue weighted by Gasteiger charge is -2.39. The van der Waals surface area contributed by atoms with E-state index >= 15 is 0 Å². The fraction of sp³-hybridized carbons (Fsp3) is 0.132. The zero-order valence-corrected chi connectivity index (χ0v) is 33.1. The first kappa shape index (κ1) is 35.0. The van der Waals surface area contributed by atoms with Crippen molar-refractivity contribution in [3.8, 4) is 39.7 Å². The highest BCUT2D eigenvalue weighted by atomic mass is 15.2. The lowest BCUT2D eigenvalue weighted by molar-refractivity contribution is 0.542. The summed E-state index contributed by atoms with van der Waals surface area (Å²) in [5.74, 6) is 3.53. The molecule has 0 spiro atoms. The first-order valence-corrected chi connectivity index (χ1v) is 20.6. The molecule has 11 rings (SSSR count). The Kier molecular flexibility index (Phi) is 8.33. The van der Waals surface area contributed by atoms with Gasteiger partial charge in [-0.05, 0) is 96.5 Å². The van der Waals surface area contributed by atoms with E-state index in [1.807, 2.05) is 36.5 Å². The number of anilines is 2. The van der Waals surface area contributed by atoms with Crippen LogP contribution in [0.15, 0.2) is 182 Å². The summed E-state index contributed by atoms with van der Waals surface area (Å²) in [4.78, 5) is 22.7. The molecule has 6 heteroatoms. The zero-order valence-electron chi connectivity index (χ0n) is 33.1. The molecule has 3 unspecified atom stereocenters. The first-order chi connectivity index (χ1) is 29.1. The van der Waals surface area contributed by atoms with E-state index in [4.69, 9.17) is 19.9 Å². The van der Waals surface area contributed by atoms with Crippen LogP contribution in [0, 0.1) is 5.92 Å². The summed E-state index contributed by atoms with van der Waals surface area (Å²) in [6.45, 7) is 4.58. The molecule has 0 bridgehead atoms. The molecular weight excluding hydrogens is 721 g/mol. The lowest BCUT2D eigenvalue weighted by atomic mass is 9.80. The summed E-state index contributed by atoms with van der Waals surface area (Å²) in [5, 5.41) is 2.38.